The van der Waals surface area contributed by atoms with E-state index in [-0.39, 0.29) is 5.56 Å². The highest BCUT2D eigenvalue weighted by Crippen LogP contribution is 2.33. The van der Waals surface area contributed by atoms with Crippen LogP contribution in [0.15, 0.2) is 47.7 Å². The molecule has 130 valence electrons. The van der Waals surface area contributed by atoms with Crippen molar-refractivity contribution in [2.45, 2.75) is 38.6 Å². The molecule has 4 nitrogen and oxygen atoms in total. The van der Waals surface area contributed by atoms with E-state index in [1.165, 1.54) is 28.7 Å². The molecule has 26 heavy (non-hydrogen) atoms. The average molecular weight is 361 g/mol. The molecule has 0 bridgehead atoms. The molecule has 0 atom stereocenters. The zero-order valence-corrected chi connectivity index (χ0v) is 15.3. The lowest BCUT2D eigenvalue weighted by Gasteiger charge is -2.11. The second-order valence-corrected chi connectivity index (χ2v) is 7.95. The standard InChI is InChI=1S/C21H19N3OS/c25-21-19-16-7-3-4-8-18(16)26-20(19)23-13-24(21)12-10-17-15-6-2-1-5-14(15)9-11-22-17/h1-2,5-6,9,11,13H,3-4,7-8,10,12H2. The van der Waals surface area contributed by atoms with Crippen molar-refractivity contribution >= 4 is 32.3 Å². The first kappa shape index (κ1) is 15.7. The molecule has 0 saturated heterocycles. The molecule has 1 aliphatic carbocycles. The molecule has 0 aliphatic heterocycles. The highest BCUT2D eigenvalue weighted by atomic mass is 32.1. The Labute approximate surface area is 155 Å². The maximum absolute atomic E-state index is 13.1. The number of thiophene rings is 1. The van der Waals surface area contributed by atoms with Crippen LogP contribution in [-0.2, 0) is 25.8 Å². The van der Waals surface area contributed by atoms with Gasteiger partial charge in [-0.1, -0.05) is 24.3 Å². The first-order valence-electron chi connectivity index (χ1n) is 9.13. The molecule has 0 unspecified atom stereocenters. The van der Waals surface area contributed by atoms with Crippen LogP contribution in [0, 0.1) is 0 Å². The molecule has 0 amide bonds. The molecular formula is C21H19N3OS. The number of rotatable bonds is 3. The van der Waals surface area contributed by atoms with Crippen molar-refractivity contribution in [2.24, 2.45) is 0 Å². The number of hydrogen-bond donors (Lipinski definition) is 0. The van der Waals surface area contributed by atoms with Gasteiger partial charge in [-0.15, -0.1) is 11.3 Å². The van der Waals surface area contributed by atoms with Crippen LogP contribution in [0.3, 0.4) is 0 Å². The molecule has 0 N–H and O–H groups in total. The number of aryl methyl sites for hydroxylation is 4. The SMILES string of the molecule is O=c1c2c3c(sc2ncn1CCc1nccc2ccccc12)CCCC3. The number of nitrogens with zero attached hydrogens (tertiary/aromatic N) is 3. The van der Waals surface area contributed by atoms with Gasteiger partial charge in [0.25, 0.3) is 5.56 Å². The van der Waals surface area contributed by atoms with Gasteiger partial charge in [0.1, 0.15) is 4.83 Å². The van der Waals surface area contributed by atoms with Gasteiger partial charge in [-0.25, -0.2) is 4.98 Å². The Kier molecular flexibility index (Phi) is 3.82. The number of fused-ring (bicyclic) bond motifs is 4. The van der Waals surface area contributed by atoms with E-state index in [0.717, 1.165) is 40.6 Å². The Bertz CT molecular complexity index is 1170. The zero-order valence-electron chi connectivity index (χ0n) is 14.4. The van der Waals surface area contributed by atoms with Gasteiger partial charge in [0.2, 0.25) is 0 Å². The second-order valence-electron chi connectivity index (χ2n) is 6.86. The van der Waals surface area contributed by atoms with Crippen LogP contribution in [0.1, 0.15) is 29.0 Å². The molecule has 0 radical (unpaired) electrons. The Balaban J connectivity index is 1.52. The fourth-order valence-corrected chi connectivity index (χ4v) is 5.17. The van der Waals surface area contributed by atoms with E-state index in [2.05, 4.69) is 22.1 Å². The fourth-order valence-electron chi connectivity index (χ4n) is 3.95. The zero-order chi connectivity index (χ0) is 17.5. The van der Waals surface area contributed by atoms with Crippen molar-refractivity contribution in [1.82, 2.24) is 14.5 Å². The molecule has 3 heterocycles. The molecule has 1 aliphatic rings. The summed E-state index contributed by atoms with van der Waals surface area (Å²) in [7, 11) is 0. The normalized spacial score (nSPS) is 14.0. The first-order valence-corrected chi connectivity index (χ1v) is 9.95. The monoisotopic (exact) mass is 361 g/mol. The largest absolute Gasteiger partial charge is 0.298 e. The maximum Gasteiger partial charge on any atom is 0.262 e. The van der Waals surface area contributed by atoms with Gasteiger partial charge in [0.15, 0.2) is 0 Å². The quantitative estimate of drug-likeness (QED) is 0.551. The lowest BCUT2D eigenvalue weighted by atomic mass is 9.97. The number of hydrogen-bond acceptors (Lipinski definition) is 4. The molecule has 5 heteroatoms. The Morgan fingerprint density at radius 2 is 1.96 bits per heavy atom. The third kappa shape index (κ3) is 2.54. The van der Waals surface area contributed by atoms with E-state index in [4.69, 9.17) is 0 Å². The summed E-state index contributed by atoms with van der Waals surface area (Å²) < 4.78 is 1.76. The maximum atomic E-state index is 13.1. The summed E-state index contributed by atoms with van der Waals surface area (Å²) in [5.41, 5.74) is 2.39. The number of benzene rings is 1. The van der Waals surface area contributed by atoms with Crippen molar-refractivity contribution in [3.05, 3.63) is 69.3 Å². The third-order valence-corrected chi connectivity index (χ3v) is 6.49. The summed E-state index contributed by atoms with van der Waals surface area (Å²) >= 11 is 1.70. The lowest BCUT2D eigenvalue weighted by molar-refractivity contribution is 0.655. The van der Waals surface area contributed by atoms with Crippen molar-refractivity contribution in [2.75, 3.05) is 0 Å². The van der Waals surface area contributed by atoms with Gasteiger partial charge < -0.3 is 0 Å². The van der Waals surface area contributed by atoms with E-state index in [1.807, 2.05) is 24.4 Å². The fraction of sp³-hybridized carbons (Fsp3) is 0.286. The third-order valence-electron chi connectivity index (χ3n) is 5.29. The van der Waals surface area contributed by atoms with Crippen LogP contribution in [-0.4, -0.2) is 14.5 Å². The van der Waals surface area contributed by atoms with Crippen LogP contribution < -0.4 is 5.56 Å². The van der Waals surface area contributed by atoms with Crippen LogP contribution in [0.25, 0.3) is 21.0 Å². The summed E-state index contributed by atoms with van der Waals surface area (Å²) in [6.07, 6.45) is 8.78. The second kappa shape index (κ2) is 6.32. The average Bonchev–Trinajstić information content (AvgIpc) is 3.07. The first-order chi connectivity index (χ1) is 12.8. The van der Waals surface area contributed by atoms with Gasteiger partial charge in [0, 0.05) is 35.1 Å². The van der Waals surface area contributed by atoms with E-state index < -0.39 is 0 Å². The van der Waals surface area contributed by atoms with Gasteiger partial charge in [0.05, 0.1) is 11.7 Å². The smallest absolute Gasteiger partial charge is 0.262 e. The van der Waals surface area contributed by atoms with E-state index in [9.17, 15) is 4.79 Å². The molecule has 0 spiro atoms. The summed E-state index contributed by atoms with van der Waals surface area (Å²) in [6, 6.07) is 10.3. The van der Waals surface area contributed by atoms with Crippen molar-refractivity contribution < 1.29 is 0 Å². The van der Waals surface area contributed by atoms with E-state index in [1.54, 1.807) is 22.2 Å². The lowest BCUT2D eigenvalue weighted by Crippen LogP contribution is -2.22. The van der Waals surface area contributed by atoms with E-state index >= 15 is 0 Å². The highest BCUT2D eigenvalue weighted by molar-refractivity contribution is 7.18. The van der Waals surface area contributed by atoms with Crippen LogP contribution >= 0.6 is 11.3 Å². The molecule has 0 fully saturated rings. The Morgan fingerprint density at radius 1 is 1.08 bits per heavy atom. The molecule has 1 aromatic carbocycles. The Hall–Kier alpha value is -2.53. The van der Waals surface area contributed by atoms with Crippen molar-refractivity contribution in [1.29, 1.82) is 0 Å². The molecular weight excluding hydrogens is 342 g/mol. The number of aromatic nitrogens is 3. The summed E-state index contributed by atoms with van der Waals surface area (Å²) in [4.78, 5) is 24.4. The van der Waals surface area contributed by atoms with Crippen molar-refractivity contribution in [3.8, 4) is 0 Å². The molecule has 3 aromatic heterocycles. The van der Waals surface area contributed by atoms with Gasteiger partial charge in [-0.3, -0.25) is 14.3 Å². The van der Waals surface area contributed by atoms with Gasteiger partial charge in [-0.2, -0.15) is 0 Å². The summed E-state index contributed by atoms with van der Waals surface area (Å²) in [5, 5.41) is 3.20. The molecule has 0 saturated carbocycles. The van der Waals surface area contributed by atoms with Crippen LogP contribution in [0.5, 0.6) is 0 Å². The van der Waals surface area contributed by atoms with Gasteiger partial charge in [-0.05, 0) is 42.7 Å². The predicted octanol–water partition coefficient (Wildman–Crippen LogP) is 4.13. The highest BCUT2D eigenvalue weighted by Gasteiger charge is 2.19. The molecule has 5 rings (SSSR count). The summed E-state index contributed by atoms with van der Waals surface area (Å²) in [6.45, 7) is 0.605. The minimum absolute atomic E-state index is 0.106. The molecule has 4 aromatic rings. The van der Waals surface area contributed by atoms with Crippen molar-refractivity contribution in [3.63, 3.8) is 0 Å². The summed E-state index contributed by atoms with van der Waals surface area (Å²) in [5.74, 6) is 0. The minimum Gasteiger partial charge on any atom is -0.298 e. The van der Waals surface area contributed by atoms with Crippen LogP contribution in [0.4, 0.5) is 0 Å². The Morgan fingerprint density at radius 3 is 2.92 bits per heavy atom. The number of pyridine rings is 1. The topological polar surface area (TPSA) is 47.8 Å². The minimum atomic E-state index is 0.106. The van der Waals surface area contributed by atoms with Gasteiger partial charge >= 0.3 is 0 Å². The van der Waals surface area contributed by atoms with Crippen LogP contribution in [0.2, 0.25) is 0 Å². The predicted molar refractivity (Wildman–Crippen MR) is 106 cm³/mol. The van der Waals surface area contributed by atoms with E-state index in [0.29, 0.717) is 6.54 Å².